The molecular weight excluding hydrogens is 646 g/mol. The summed E-state index contributed by atoms with van der Waals surface area (Å²) in [5.41, 5.74) is -0.319. The Morgan fingerprint density at radius 3 is 1.78 bits per heavy atom. The quantitative estimate of drug-likeness (QED) is 0.0451. The zero-order valence-corrected chi connectivity index (χ0v) is 30.1. The number of amidine groups is 1. The van der Waals surface area contributed by atoms with Gasteiger partial charge in [-0.05, 0) is 62.1 Å². The molecule has 0 amide bonds. The van der Waals surface area contributed by atoms with Crippen molar-refractivity contribution in [1.82, 2.24) is 9.73 Å². The van der Waals surface area contributed by atoms with Gasteiger partial charge in [0.05, 0.1) is 29.7 Å². The van der Waals surface area contributed by atoms with Crippen LogP contribution in [0, 0.1) is 0 Å². The molecule has 0 saturated carbocycles. The molecule has 0 aliphatic carbocycles. The molecular formula is C37H55N3O8S. The number of piperidine rings is 1. The fourth-order valence-corrected chi connectivity index (χ4v) is 6.86. The van der Waals surface area contributed by atoms with E-state index in [2.05, 4.69) is 16.9 Å². The summed E-state index contributed by atoms with van der Waals surface area (Å²) in [5, 5.41) is 23.1. The van der Waals surface area contributed by atoms with Crippen LogP contribution in [-0.4, -0.2) is 68.1 Å². The van der Waals surface area contributed by atoms with E-state index in [-0.39, 0.29) is 0 Å². The fourth-order valence-electron chi connectivity index (χ4n) is 5.99. The molecule has 1 aliphatic rings. The first-order valence-electron chi connectivity index (χ1n) is 17.9. The van der Waals surface area contributed by atoms with E-state index >= 15 is 0 Å². The lowest BCUT2D eigenvalue weighted by atomic mass is 10.0. The first-order chi connectivity index (χ1) is 23.7. The highest BCUT2D eigenvalue weighted by atomic mass is 32.2. The molecule has 49 heavy (non-hydrogen) atoms. The molecule has 0 spiro atoms. The van der Waals surface area contributed by atoms with Gasteiger partial charge in [0.15, 0.2) is 17.3 Å². The van der Waals surface area contributed by atoms with Gasteiger partial charge in [-0.15, -0.1) is 5.10 Å². The molecule has 1 heterocycles. The average Bonchev–Trinajstić information content (AvgIpc) is 3.10. The van der Waals surface area contributed by atoms with Gasteiger partial charge in [0.2, 0.25) is 0 Å². The first kappa shape index (κ1) is 39.6. The van der Waals surface area contributed by atoms with Crippen LogP contribution in [0.3, 0.4) is 0 Å². The van der Waals surface area contributed by atoms with Crippen LogP contribution < -0.4 is 14.3 Å². The van der Waals surface area contributed by atoms with Crippen LogP contribution in [0.2, 0.25) is 0 Å². The summed E-state index contributed by atoms with van der Waals surface area (Å²) >= 11 is 0. The van der Waals surface area contributed by atoms with Gasteiger partial charge >= 0.3 is 11.9 Å². The maximum atomic E-state index is 13.2. The molecule has 0 unspecified atom stereocenters. The number of carboxylic acids is 2. The summed E-state index contributed by atoms with van der Waals surface area (Å²) in [4.78, 5) is 26.7. The Hall–Kier alpha value is -3.80. The second-order valence-electron chi connectivity index (χ2n) is 12.7. The van der Waals surface area contributed by atoms with E-state index in [0.717, 1.165) is 50.3 Å². The number of methoxy groups -OCH3 is 1. The molecule has 0 bridgehead atoms. The molecule has 3 N–H and O–H groups in total. The topological polar surface area (TPSA) is 155 Å². The molecule has 1 saturated heterocycles. The number of nitrogens with one attached hydrogen (secondary N) is 1. The SMILES string of the molecule is CCCCCCCCCCCCCCCCOc1ccc(/C(=N\NS(=O)(=O)c2cc(C(=O)O)cc(C(=O)O)c2)N2CCCCC2)cc1OC. The Balaban J connectivity index is 1.57. The molecule has 11 nitrogen and oxygen atoms in total. The number of carboxylic acid groups (broad SMARTS) is 2. The third kappa shape index (κ3) is 13.6. The lowest BCUT2D eigenvalue weighted by Gasteiger charge is -2.30. The van der Waals surface area contributed by atoms with Gasteiger partial charge in [0, 0.05) is 18.7 Å². The van der Waals surface area contributed by atoms with Gasteiger partial charge in [-0.25, -0.2) is 9.59 Å². The predicted octanol–water partition coefficient (Wildman–Crippen LogP) is 8.08. The largest absolute Gasteiger partial charge is 0.493 e. The number of rotatable bonds is 23. The van der Waals surface area contributed by atoms with Crippen molar-refractivity contribution < 1.29 is 37.7 Å². The van der Waals surface area contributed by atoms with Crippen molar-refractivity contribution in [1.29, 1.82) is 0 Å². The van der Waals surface area contributed by atoms with Crippen LogP contribution >= 0.6 is 0 Å². The Morgan fingerprint density at radius 1 is 0.735 bits per heavy atom. The van der Waals surface area contributed by atoms with Crippen LogP contribution in [0.4, 0.5) is 0 Å². The average molecular weight is 702 g/mol. The van der Waals surface area contributed by atoms with E-state index in [9.17, 15) is 28.2 Å². The summed E-state index contributed by atoms with van der Waals surface area (Å²) in [5.74, 6) is -1.44. The first-order valence-corrected chi connectivity index (χ1v) is 19.4. The third-order valence-electron chi connectivity index (χ3n) is 8.82. The van der Waals surface area contributed by atoms with Crippen LogP contribution in [-0.2, 0) is 10.0 Å². The second-order valence-corrected chi connectivity index (χ2v) is 14.4. The van der Waals surface area contributed by atoms with Crippen molar-refractivity contribution in [3.63, 3.8) is 0 Å². The molecule has 2 aromatic rings. The van der Waals surface area contributed by atoms with Crippen LogP contribution in [0.1, 0.15) is 142 Å². The zero-order chi connectivity index (χ0) is 35.5. The van der Waals surface area contributed by atoms with Crippen molar-refractivity contribution in [3.8, 4) is 11.5 Å². The number of carbonyl (C=O) groups is 2. The maximum absolute atomic E-state index is 13.2. The number of benzene rings is 2. The molecule has 0 radical (unpaired) electrons. The molecule has 12 heteroatoms. The maximum Gasteiger partial charge on any atom is 0.335 e. The van der Waals surface area contributed by atoms with E-state index in [0.29, 0.717) is 42.6 Å². The second kappa shape index (κ2) is 21.3. The van der Waals surface area contributed by atoms with Crippen molar-refractivity contribution in [2.75, 3.05) is 26.8 Å². The highest BCUT2D eigenvalue weighted by Gasteiger charge is 2.23. The lowest BCUT2D eigenvalue weighted by Crippen LogP contribution is -2.38. The van der Waals surface area contributed by atoms with Crippen molar-refractivity contribution >= 4 is 27.8 Å². The van der Waals surface area contributed by atoms with Gasteiger partial charge in [-0.3, -0.25) is 0 Å². The number of sulfonamides is 1. The van der Waals surface area contributed by atoms with Gasteiger partial charge in [-0.1, -0.05) is 90.4 Å². The van der Waals surface area contributed by atoms with E-state index in [1.54, 1.807) is 25.3 Å². The van der Waals surface area contributed by atoms with Crippen molar-refractivity contribution in [2.45, 2.75) is 121 Å². The highest BCUT2D eigenvalue weighted by molar-refractivity contribution is 7.89. The third-order valence-corrected chi connectivity index (χ3v) is 10.0. The van der Waals surface area contributed by atoms with Gasteiger partial charge in [0.1, 0.15) is 0 Å². The summed E-state index contributed by atoms with van der Waals surface area (Å²) < 4.78 is 38.2. The summed E-state index contributed by atoms with van der Waals surface area (Å²) in [6.07, 6.45) is 20.9. The van der Waals surface area contributed by atoms with Gasteiger partial charge in [-0.2, -0.15) is 13.2 Å². The number of hydrazone groups is 1. The highest BCUT2D eigenvalue weighted by Crippen LogP contribution is 2.30. The summed E-state index contributed by atoms with van der Waals surface area (Å²) in [7, 11) is -2.87. The number of nitrogens with zero attached hydrogens (tertiary/aromatic N) is 2. The van der Waals surface area contributed by atoms with E-state index in [4.69, 9.17) is 9.47 Å². The zero-order valence-electron chi connectivity index (χ0n) is 29.3. The molecule has 0 atom stereocenters. The van der Waals surface area contributed by atoms with Crippen LogP contribution in [0.15, 0.2) is 46.4 Å². The van der Waals surface area contributed by atoms with Crippen molar-refractivity contribution in [3.05, 3.63) is 53.1 Å². The standard InChI is InChI=1S/C37H55N3O8S/c1-3-4-5-6-7-8-9-10-11-12-13-14-15-19-24-48-33-21-20-29(28-34(33)47-2)35(40-22-17-16-18-23-40)38-39-49(45,46)32-26-30(36(41)42)25-31(27-32)37(43)44/h20-21,25-28,39H,3-19,22-24H2,1-2H3,(H,41,42)(H,43,44)/b38-35+. The smallest absolute Gasteiger partial charge is 0.335 e. The molecule has 0 aromatic heterocycles. The number of hydrogen-bond acceptors (Lipinski definition) is 7. The lowest BCUT2D eigenvalue weighted by molar-refractivity contribution is 0.0696. The fraction of sp³-hybridized carbons (Fsp3) is 0.595. The number of hydrogen-bond donors (Lipinski definition) is 3. The number of aromatic carboxylic acids is 2. The number of likely N-dealkylation sites (tertiary alicyclic amines) is 1. The number of unbranched alkanes of at least 4 members (excludes halogenated alkanes) is 13. The van der Waals surface area contributed by atoms with Crippen LogP contribution in [0.5, 0.6) is 11.5 Å². The monoisotopic (exact) mass is 701 g/mol. The Kier molecular flexibility index (Phi) is 17.2. The normalized spacial score (nSPS) is 13.7. The minimum atomic E-state index is -4.42. The minimum Gasteiger partial charge on any atom is -0.493 e. The van der Waals surface area contributed by atoms with Crippen molar-refractivity contribution in [2.24, 2.45) is 5.10 Å². The molecule has 1 fully saturated rings. The Labute approximate surface area is 292 Å². The molecule has 2 aromatic carbocycles. The summed E-state index contributed by atoms with van der Waals surface area (Å²) in [6, 6.07) is 8.07. The van der Waals surface area contributed by atoms with E-state index in [1.165, 1.54) is 77.0 Å². The van der Waals surface area contributed by atoms with E-state index < -0.39 is 38.0 Å². The van der Waals surface area contributed by atoms with Gasteiger partial charge in [0.25, 0.3) is 10.0 Å². The number of ether oxygens (including phenoxy) is 2. The van der Waals surface area contributed by atoms with Crippen LogP contribution in [0.25, 0.3) is 0 Å². The van der Waals surface area contributed by atoms with E-state index in [1.807, 2.05) is 4.90 Å². The molecule has 3 rings (SSSR count). The molecule has 1 aliphatic heterocycles. The minimum absolute atomic E-state index is 0.368. The van der Waals surface area contributed by atoms with Gasteiger partial charge < -0.3 is 24.6 Å². The predicted molar refractivity (Wildman–Crippen MR) is 191 cm³/mol. The molecule has 272 valence electrons. The summed E-state index contributed by atoms with van der Waals surface area (Å²) in [6.45, 7) is 4.15. The Bertz CT molecular complexity index is 1440. The Morgan fingerprint density at radius 2 is 1.27 bits per heavy atom.